The van der Waals surface area contributed by atoms with E-state index in [1.165, 1.54) is 6.08 Å². The standard InChI is InChI=1S/C17H17BrClFN2O/c1-11(18)4-2-7-15(20)14-8-9-21-16(14)17(23)22-13-6-3-5-12(19)10-13/h2-7,10,14,16,21H,1,8-9H2,(H,22,23)/b4-2-,15-7-. The van der Waals surface area contributed by atoms with Gasteiger partial charge in [0.25, 0.3) is 0 Å². The molecule has 122 valence electrons. The minimum atomic E-state index is -0.606. The van der Waals surface area contributed by atoms with Gasteiger partial charge in [0.2, 0.25) is 5.91 Å². The lowest BCUT2D eigenvalue weighted by Gasteiger charge is -2.17. The lowest BCUT2D eigenvalue weighted by Crippen LogP contribution is -2.40. The Morgan fingerprint density at radius 2 is 2.30 bits per heavy atom. The molecule has 2 rings (SSSR count). The molecule has 2 atom stereocenters. The first-order valence-electron chi connectivity index (χ1n) is 7.15. The predicted octanol–water partition coefficient (Wildman–Crippen LogP) is 4.57. The largest absolute Gasteiger partial charge is 0.325 e. The van der Waals surface area contributed by atoms with Gasteiger partial charge in [-0.1, -0.05) is 46.3 Å². The van der Waals surface area contributed by atoms with E-state index in [1.807, 2.05) is 0 Å². The Labute approximate surface area is 148 Å². The zero-order valence-corrected chi connectivity index (χ0v) is 14.7. The van der Waals surface area contributed by atoms with Gasteiger partial charge in [-0.25, -0.2) is 4.39 Å². The lowest BCUT2D eigenvalue weighted by atomic mass is 9.98. The Kier molecular flexibility index (Phi) is 6.57. The number of halogens is 3. The van der Waals surface area contributed by atoms with Crippen molar-refractivity contribution >= 4 is 39.1 Å². The van der Waals surface area contributed by atoms with E-state index in [4.69, 9.17) is 11.6 Å². The molecule has 1 saturated heterocycles. The molecule has 6 heteroatoms. The third-order valence-corrected chi connectivity index (χ3v) is 3.98. The summed E-state index contributed by atoms with van der Waals surface area (Å²) in [5, 5.41) is 6.34. The van der Waals surface area contributed by atoms with Gasteiger partial charge in [0.05, 0.1) is 6.04 Å². The minimum absolute atomic E-state index is 0.271. The second-order valence-corrected chi connectivity index (χ2v) is 6.64. The number of nitrogens with one attached hydrogen (secondary N) is 2. The monoisotopic (exact) mass is 398 g/mol. The van der Waals surface area contributed by atoms with Crippen LogP contribution < -0.4 is 10.6 Å². The SMILES string of the molecule is C=C(Br)/C=C\C=C(/F)C1CCNC1C(=O)Nc1cccc(Cl)c1. The lowest BCUT2D eigenvalue weighted by molar-refractivity contribution is -0.118. The third-order valence-electron chi connectivity index (χ3n) is 3.48. The number of amides is 1. The minimum Gasteiger partial charge on any atom is -0.325 e. The van der Waals surface area contributed by atoms with Gasteiger partial charge in [-0.3, -0.25) is 4.79 Å². The van der Waals surface area contributed by atoms with Crippen LogP contribution in [0, 0.1) is 5.92 Å². The number of benzene rings is 1. The molecule has 1 heterocycles. The van der Waals surface area contributed by atoms with Gasteiger partial charge in [0.1, 0.15) is 5.83 Å². The zero-order valence-electron chi connectivity index (χ0n) is 12.4. The molecule has 0 spiro atoms. The molecule has 0 radical (unpaired) electrons. The van der Waals surface area contributed by atoms with E-state index >= 15 is 0 Å². The van der Waals surface area contributed by atoms with Crippen molar-refractivity contribution in [2.24, 2.45) is 5.92 Å². The summed E-state index contributed by atoms with van der Waals surface area (Å²) >= 11 is 9.06. The maximum Gasteiger partial charge on any atom is 0.242 e. The number of rotatable bonds is 5. The Morgan fingerprint density at radius 3 is 3.00 bits per heavy atom. The predicted molar refractivity (Wildman–Crippen MR) is 96.4 cm³/mol. The molecule has 1 aromatic rings. The first-order chi connectivity index (χ1) is 11.0. The summed E-state index contributed by atoms with van der Waals surface area (Å²) in [5.74, 6) is -1.08. The van der Waals surface area contributed by atoms with Crippen LogP contribution in [0.2, 0.25) is 5.02 Å². The van der Waals surface area contributed by atoms with Gasteiger partial charge >= 0.3 is 0 Å². The molecular weight excluding hydrogens is 383 g/mol. The zero-order chi connectivity index (χ0) is 16.8. The van der Waals surface area contributed by atoms with E-state index in [1.54, 1.807) is 36.4 Å². The summed E-state index contributed by atoms with van der Waals surface area (Å²) in [6.45, 7) is 4.23. The molecule has 0 saturated carbocycles. The van der Waals surface area contributed by atoms with E-state index in [2.05, 4.69) is 33.1 Å². The first-order valence-corrected chi connectivity index (χ1v) is 8.32. The van der Waals surface area contributed by atoms with Crippen LogP contribution in [0.3, 0.4) is 0 Å². The highest BCUT2D eigenvalue weighted by Crippen LogP contribution is 2.26. The summed E-state index contributed by atoms with van der Waals surface area (Å²) < 4.78 is 14.9. The fraction of sp³-hybridized carbons (Fsp3) is 0.235. The average Bonchev–Trinajstić information content (AvgIpc) is 2.96. The van der Waals surface area contributed by atoms with Crippen LogP contribution in [0.4, 0.5) is 10.1 Å². The van der Waals surface area contributed by atoms with E-state index in [-0.39, 0.29) is 11.7 Å². The Morgan fingerprint density at radius 1 is 1.52 bits per heavy atom. The molecule has 0 bridgehead atoms. The number of carbonyl (C=O) groups is 1. The van der Waals surface area contributed by atoms with Crippen molar-refractivity contribution in [3.63, 3.8) is 0 Å². The smallest absolute Gasteiger partial charge is 0.242 e. The second kappa shape index (κ2) is 8.43. The van der Waals surface area contributed by atoms with E-state index < -0.39 is 12.0 Å². The van der Waals surface area contributed by atoms with Gasteiger partial charge < -0.3 is 10.6 Å². The normalized spacial score (nSPS) is 21.6. The highest BCUT2D eigenvalue weighted by Gasteiger charge is 2.35. The second-order valence-electron chi connectivity index (χ2n) is 5.18. The van der Waals surface area contributed by atoms with Gasteiger partial charge in [-0.15, -0.1) is 0 Å². The maximum atomic E-state index is 14.3. The molecule has 3 nitrogen and oxygen atoms in total. The average molecular weight is 400 g/mol. The van der Waals surface area contributed by atoms with Gasteiger partial charge in [0, 0.05) is 21.1 Å². The summed E-state index contributed by atoms with van der Waals surface area (Å²) in [7, 11) is 0. The highest BCUT2D eigenvalue weighted by atomic mass is 79.9. The Hall–Kier alpha value is -1.43. The van der Waals surface area contributed by atoms with Crippen molar-refractivity contribution in [2.75, 3.05) is 11.9 Å². The molecule has 2 unspecified atom stereocenters. The molecule has 2 N–H and O–H groups in total. The maximum absolute atomic E-state index is 14.3. The highest BCUT2D eigenvalue weighted by molar-refractivity contribution is 9.11. The van der Waals surface area contributed by atoms with Crippen molar-refractivity contribution in [1.29, 1.82) is 0 Å². The molecule has 1 aliphatic heterocycles. The van der Waals surface area contributed by atoms with Crippen molar-refractivity contribution in [1.82, 2.24) is 5.32 Å². The number of anilines is 1. The van der Waals surface area contributed by atoms with Gasteiger partial charge in [-0.05, 0) is 43.3 Å². The van der Waals surface area contributed by atoms with Crippen LogP contribution in [0.1, 0.15) is 6.42 Å². The molecule has 1 aromatic carbocycles. The Bertz CT molecular complexity index is 660. The number of hydrogen-bond acceptors (Lipinski definition) is 2. The van der Waals surface area contributed by atoms with Crippen molar-refractivity contribution < 1.29 is 9.18 Å². The van der Waals surface area contributed by atoms with Crippen LogP contribution in [0.25, 0.3) is 0 Å². The van der Waals surface area contributed by atoms with Crippen LogP contribution in [-0.4, -0.2) is 18.5 Å². The number of carbonyl (C=O) groups excluding carboxylic acids is 1. The molecule has 0 aromatic heterocycles. The van der Waals surface area contributed by atoms with E-state index in [9.17, 15) is 9.18 Å². The Balaban J connectivity index is 2.05. The molecule has 0 aliphatic carbocycles. The third kappa shape index (κ3) is 5.30. The number of allylic oxidation sites excluding steroid dienone is 4. The van der Waals surface area contributed by atoms with Crippen LogP contribution >= 0.6 is 27.5 Å². The molecule has 23 heavy (non-hydrogen) atoms. The van der Waals surface area contributed by atoms with E-state index in [0.717, 1.165) is 0 Å². The van der Waals surface area contributed by atoms with Crippen molar-refractivity contribution in [2.45, 2.75) is 12.5 Å². The fourth-order valence-corrected chi connectivity index (χ4v) is 2.77. The van der Waals surface area contributed by atoms with Gasteiger partial charge in [-0.2, -0.15) is 0 Å². The van der Waals surface area contributed by atoms with Crippen molar-refractivity contribution in [3.8, 4) is 0 Å². The molecule has 1 aliphatic rings. The van der Waals surface area contributed by atoms with Crippen molar-refractivity contribution in [3.05, 3.63) is 64.4 Å². The van der Waals surface area contributed by atoms with Gasteiger partial charge in [0.15, 0.2) is 0 Å². The number of hydrogen-bond donors (Lipinski definition) is 2. The summed E-state index contributed by atoms with van der Waals surface area (Å²) in [6.07, 6.45) is 5.14. The first kappa shape index (κ1) is 17.9. The topological polar surface area (TPSA) is 41.1 Å². The van der Waals surface area contributed by atoms with Crippen LogP contribution in [-0.2, 0) is 4.79 Å². The summed E-state index contributed by atoms with van der Waals surface area (Å²) in [6, 6.07) is 6.26. The summed E-state index contributed by atoms with van der Waals surface area (Å²) in [5.41, 5.74) is 0.592. The summed E-state index contributed by atoms with van der Waals surface area (Å²) in [4.78, 5) is 12.4. The molecule has 1 fully saturated rings. The van der Waals surface area contributed by atoms with Crippen LogP contribution in [0.5, 0.6) is 0 Å². The fourth-order valence-electron chi connectivity index (χ4n) is 2.43. The molecular formula is C17H17BrClFN2O. The molecule has 1 amide bonds. The van der Waals surface area contributed by atoms with E-state index in [0.29, 0.717) is 28.2 Å². The quantitative estimate of drug-likeness (QED) is 0.712. The van der Waals surface area contributed by atoms with Crippen LogP contribution in [0.15, 0.2) is 59.4 Å².